The number of anilines is 3. The van der Waals surface area contributed by atoms with Crippen molar-refractivity contribution in [1.29, 1.82) is 0 Å². The number of methoxy groups -OCH3 is 3. The maximum atomic E-state index is 13.0. The Hall–Kier alpha value is -5.07. The summed E-state index contributed by atoms with van der Waals surface area (Å²) in [6.45, 7) is 0.660. The molecular weight excluding hydrogens is 539 g/mol. The molecule has 0 spiro atoms. The molecule has 2 aromatic carbocycles. The number of hydrogen-bond acceptors (Lipinski definition) is 9. The topological polar surface area (TPSA) is 108 Å². The number of alkyl halides is 3. The number of hydrogen-bond donors (Lipinski definition) is 2. The zero-order chi connectivity index (χ0) is 29.0. The maximum absolute atomic E-state index is 13.0. The van der Waals surface area contributed by atoms with E-state index in [0.29, 0.717) is 58.0 Å². The average Bonchev–Trinajstić information content (AvgIpc) is 3.38. The predicted octanol–water partition coefficient (Wildman–Crippen LogP) is 5.67. The van der Waals surface area contributed by atoms with Crippen molar-refractivity contribution in [3.63, 3.8) is 0 Å². The molecule has 0 atom stereocenters. The Morgan fingerprint density at radius 2 is 1.63 bits per heavy atom. The van der Waals surface area contributed by atoms with Crippen LogP contribution in [-0.2, 0) is 19.3 Å². The zero-order valence-corrected chi connectivity index (χ0v) is 22.4. The number of imidazole rings is 1. The van der Waals surface area contributed by atoms with Crippen LogP contribution in [0.2, 0.25) is 0 Å². The van der Waals surface area contributed by atoms with Crippen molar-refractivity contribution in [2.24, 2.45) is 0 Å². The van der Waals surface area contributed by atoms with Crippen LogP contribution in [0, 0.1) is 0 Å². The van der Waals surface area contributed by atoms with E-state index in [1.165, 1.54) is 33.5 Å². The molecule has 41 heavy (non-hydrogen) atoms. The SMILES string of the molecule is COc1cc(Nc2nc(NCc3cccnc3)nc3c2ncn3Cc2ccc(C(F)(F)F)cc2)cc(OC)c1OC. The molecule has 5 aromatic rings. The van der Waals surface area contributed by atoms with Crippen molar-refractivity contribution >= 4 is 28.6 Å². The number of benzene rings is 2. The molecule has 2 N–H and O–H groups in total. The molecule has 0 fully saturated rings. The van der Waals surface area contributed by atoms with Crippen LogP contribution in [0.5, 0.6) is 17.2 Å². The Morgan fingerprint density at radius 3 is 2.24 bits per heavy atom. The van der Waals surface area contributed by atoms with Crippen LogP contribution < -0.4 is 24.8 Å². The van der Waals surface area contributed by atoms with Gasteiger partial charge in [0.2, 0.25) is 11.7 Å². The molecule has 0 saturated carbocycles. The van der Waals surface area contributed by atoms with Gasteiger partial charge in [-0.25, -0.2) is 4.98 Å². The molecule has 0 saturated heterocycles. The van der Waals surface area contributed by atoms with E-state index in [1.54, 1.807) is 35.4 Å². The molecule has 10 nitrogen and oxygen atoms in total. The first-order valence-corrected chi connectivity index (χ1v) is 12.4. The summed E-state index contributed by atoms with van der Waals surface area (Å²) in [7, 11) is 4.56. The number of ether oxygens (including phenoxy) is 3. The molecule has 0 bridgehead atoms. The molecule has 0 aliphatic rings. The van der Waals surface area contributed by atoms with Gasteiger partial charge >= 0.3 is 6.18 Å². The van der Waals surface area contributed by atoms with Crippen LogP contribution in [0.15, 0.2) is 67.3 Å². The Bertz CT molecular complexity index is 1620. The highest BCUT2D eigenvalue weighted by molar-refractivity contribution is 5.87. The Labute approximate surface area is 233 Å². The van der Waals surface area contributed by atoms with E-state index in [1.807, 2.05) is 12.1 Å². The number of rotatable bonds is 10. The Balaban J connectivity index is 1.52. The minimum absolute atomic E-state index is 0.247. The van der Waals surface area contributed by atoms with Gasteiger partial charge in [0.1, 0.15) is 0 Å². The molecule has 13 heteroatoms. The molecule has 0 aliphatic carbocycles. The molecule has 0 radical (unpaired) electrons. The molecule has 3 aromatic heterocycles. The monoisotopic (exact) mass is 565 g/mol. The molecule has 5 rings (SSSR count). The second kappa shape index (κ2) is 11.6. The first-order chi connectivity index (χ1) is 19.8. The number of halogens is 3. The lowest BCUT2D eigenvalue weighted by atomic mass is 10.1. The van der Waals surface area contributed by atoms with Crippen LogP contribution in [0.1, 0.15) is 16.7 Å². The summed E-state index contributed by atoms with van der Waals surface area (Å²) in [6.07, 6.45) is 0.582. The van der Waals surface area contributed by atoms with E-state index in [0.717, 1.165) is 17.7 Å². The lowest BCUT2D eigenvalue weighted by molar-refractivity contribution is -0.137. The van der Waals surface area contributed by atoms with Gasteiger partial charge in [-0.1, -0.05) is 18.2 Å². The standard InChI is InChI=1S/C28H26F3N7O3/c1-39-21-11-20(12-22(40-2)24(21)41-3)35-25-23-26(37-27(36-25)33-14-18-5-4-10-32-13-18)38(16-34-23)15-17-6-8-19(9-7-17)28(29,30)31/h4-13,16H,14-15H2,1-3H3,(H2,33,35,36,37). The highest BCUT2D eigenvalue weighted by Gasteiger charge is 2.30. The van der Waals surface area contributed by atoms with Crippen molar-refractivity contribution in [2.75, 3.05) is 32.0 Å². The van der Waals surface area contributed by atoms with Crippen molar-refractivity contribution in [1.82, 2.24) is 24.5 Å². The fourth-order valence-corrected chi connectivity index (χ4v) is 4.20. The van der Waals surface area contributed by atoms with Crippen molar-refractivity contribution < 1.29 is 27.4 Å². The summed E-state index contributed by atoms with van der Waals surface area (Å²) >= 11 is 0. The second-order valence-corrected chi connectivity index (χ2v) is 8.89. The van der Waals surface area contributed by atoms with Gasteiger partial charge in [-0.05, 0) is 29.3 Å². The van der Waals surface area contributed by atoms with E-state index >= 15 is 0 Å². The number of aromatic nitrogens is 5. The molecule has 0 unspecified atom stereocenters. The molecule has 3 heterocycles. The van der Waals surface area contributed by atoms with E-state index in [-0.39, 0.29) is 6.54 Å². The fourth-order valence-electron chi connectivity index (χ4n) is 4.20. The van der Waals surface area contributed by atoms with E-state index in [9.17, 15) is 13.2 Å². The van der Waals surface area contributed by atoms with E-state index in [2.05, 4.69) is 30.6 Å². The van der Waals surface area contributed by atoms with Crippen molar-refractivity contribution in [2.45, 2.75) is 19.3 Å². The fraction of sp³-hybridized carbons (Fsp3) is 0.214. The van der Waals surface area contributed by atoms with Gasteiger partial charge in [0.05, 0.1) is 39.8 Å². The van der Waals surface area contributed by atoms with Crippen LogP contribution >= 0.6 is 0 Å². The maximum Gasteiger partial charge on any atom is 0.416 e. The van der Waals surface area contributed by atoms with Gasteiger partial charge in [-0.15, -0.1) is 0 Å². The van der Waals surface area contributed by atoms with Gasteiger partial charge in [0.15, 0.2) is 28.5 Å². The zero-order valence-electron chi connectivity index (χ0n) is 22.4. The van der Waals surface area contributed by atoms with Gasteiger partial charge < -0.3 is 29.4 Å². The van der Waals surface area contributed by atoms with Gasteiger partial charge in [-0.3, -0.25) is 4.98 Å². The van der Waals surface area contributed by atoms with Crippen LogP contribution in [0.25, 0.3) is 11.2 Å². The van der Waals surface area contributed by atoms with E-state index < -0.39 is 11.7 Å². The van der Waals surface area contributed by atoms with Crippen molar-refractivity contribution in [3.8, 4) is 17.2 Å². The largest absolute Gasteiger partial charge is 0.493 e. The number of pyridine rings is 1. The minimum atomic E-state index is -4.41. The molecule has 212 valence electrons. The quantitative estimate of drug-likeness (QED) is 0.221. The predicted molar refractivity (Wildman–Crippen MR) is 147 cm³/mol. The summed E-state index contributed by atoms with van der Waals surface area (Å²) in [6, 6.07) is 12.2. The summed E-state index contributed by atoms with van der Waals surface area (Å²) < 4.78 is 57.2. The number of nitrogens with one attached hydrogen (secondary N) is 2. The van der Waals surface area contributed by atoms with E-state index in [4.69, 9.17) is 14.2 Å². The second-order valence-electron chi connectivity index (χ2n) is 8.89. The number of nitrogens with zero attached hydrogens (tertiary/aromatic N) is 5. The summed E-state index contributed by atoms with van der Waals surface area (Å²) in [5.74, 6) is 2.03. The van der Waals surface area contributed by atoms with Crippen molar-refractivity contribution in [3.05, 3.63) is 83.9 Å². The van der Waals surface area contributed by atoms with Gasteiger partial charge in [0.25, 0.3) is 0 Å². The third kappa shape index (κ3) is 6.08. The smallest absolute Gasteiger partial charge is 0.416 e. The third-order valence-electron chi connectivity index (χ3n) is 6.20. The normalized spacial score (nSPS) is 11.4. The summed E-state index contributed by atoms with van der Waals surface area (Å²) in [5, 5.41) is 6.48. The van der Waals surface area contributed by atoms with Crippen LogP contribution in [-0.4, -0.2) is 45.8 Å². The lowest BCUT2D eigenvalue weighted by Gasteiger charge is -2.15. The van der Waals surface area contributed by atoms with Crippen LogP contribution in [0.3, 0.4) is 0 Å². The number of fused-ring (bicyclic) bond motifs is 1. The minimum Gasteiger partial charge on any atom is -0.493 e. The molecule has 0 aliphatic heterocycles. The first-order valence-electron chi connectivity index (χ1n) is 12.4. The van der Waals surface area contributed by atoms with Gasteiger partial charge in [-0.2, -0.15) is 23.1 Å². The average molecular weight is 566 g/mol. The summed E-state index contributed by atoms with van der Waals surface area (Å²) in [5.41, 5.74) is 2.39. The first kappa shape index (κ1) is 27.5. The summed E-state index contributed by atoms with van der Waals surface area (Å²) in [4.78, 5) is 18.0. The highest BCUT2D eigenvalue weighted by Crippen LogP contribution is 2.41. The molecular formula is C28H26F3N7O3. The van der Waals surface area contributed by atoms with Crippen LogP contribution in [0.4, 0.5) is 30.6 Å². The molecule has 0 amide bonds. The highest BCUT2D eigenvalue weighted by atomic mass is 19.4. The van der Waals surface area contributed by atoms with Gasteiger partial charge in [0, 0.05) is 36.8 Å². The lowest BCUT2D eigenvalue weighted by Crippen LogP contribution is -2.08. The Morgan fingerprint density at radius 1 is 0.902 bits per heavy atom. The Kier molecular flexibility index (Phi) is 7.77. The third-order valence-corrected chi connectivity index (χ3v) is 6.20.